The Labute approximate surface area is 223 Å². The molecule has 0 spiro atoms. The molecule has 1 aliphatic heterocycles. The Morgan fingerprint density at radius 2 is 1.81 bits per heavy atom. The Morgan fingerprint density at radius 3 is 2.54 bits per heavy atom. The summed E-state index contributed by atoms with van der Waals surface area (Å²) in [6.07, 6.45) is 3.05. The number of hydrogen-bond donors (Lipinski definition) is 1. The number of urea groups is 1. The Kier molecular flexibility index (Phi) is 7.51. The molecule has 0 saturated heterocycles. The normalized spacial score (nSPS) is 16.7. The summed E-state index contributed by atoms with van der Waals surface area (Å²) < 4.78 is 6.27. The second kappa shape index (κ2) is 11.0. The molecule has 2 aliphatic rings. The number of ether oxygens (including phenoxy) is 1. The summed E-state index contributed by atoms with van der Waals surface area (Å²) in [4.78, 5) is 31.9. The minimum absolute atomic E-state index is 0.0363. The van der Waals surface area contributed by atoms with Crippen LogP contribution in [-0.4, -0.2) is 48.0 Å². The van der Waals surface area contributed by atoms with Crippen LogP contribution < -0.4 is 10.1 Å². The SMILES string of the molecule is Cc1ccc(NC(=O)N(CC(=O)N2CCc3sccc3C2COc2ccc(C)cc2C)CC2CC2)cc1. The fourth-order valence-electron chi connectivity index (χ4n) is 4.93. The van der Waals surface area contributed by atoms with Crippen molar-refractivity contribution in [2.45, 2.75) is 46.1 Å². The predicted molar refractivity (Wildman–Crippen MR) is 148 cm³/mol. The fraction of sp³-hybridized carbons (Fsp3) is 0.400. The second-order valence-electron chi connectivity index (χ2n) is 10.4. The third-order valence-electron chi connectivity index (χ3n) is 7.23. The molecule has 5 rings (SSSR count). The van der Waals surface area contributed by atoms with E-state index in [1.807, 2.05) is 55.1 Å². The Bertz CT molecular complexity index is 1270. The average Bonchev–Trinajstić information content (AvgIpc) is 3.56. The van der Waals surface area contributed by atoms with Crippen molar-refractivity contribution in [2.24, 2.45) is 5.92 Å². The minimum Gasteiger partial charge on any atom is -0.491 e. The van der Waals surface area contributed by atoms with E-state index in [1.54, 1.807) is 16.2 Å². The lowest BCUT2D eigenvalue weighted by atomic mass is 10.00. The predicted octanol–water partition coefficient (Wildman–Crippen LogP) is 6.12. The fourth-order valence-corrected chi connectivity index (χ4v) is 5.86. The van der Waals surface area contributed by atoms with Crippen LogP contribution in [0.25, 0.3) is 0 Å². The Hall–Kier alpha value is -3.32. The van der Waals surface area contributed by atoms with Gasteiger partial charge in [0.15, 0.2) is 0 Å². The summed E-state index contributed by atoms with van der Waals surface area (Å²) in [6, 6.07) is 15.6. The molecule has 1 unspecified atom stereocenters. The summed E-state index contributed by atoms with van der Waals surface area (Å²) in [5, 5.41) is 5.08. The van der Waals surface area contributed by atoms with Gasteiger partial charge in [0.2, 0.25) is 5.91 Å². The van der Waals surface area contributed by atoms with Crippen molar-refractivity contribution < 1.29 is 14.3 Å². The van der Waals surface area contributed by atoms with Crippen LogP contribution in [0.4, 0.5) is 10.5 Å². The van der Waals surface area contributed by atoms with Gasteiger partial charge in [0.1, 0.15) is 18.9 Å². The molecular weight excluding hydrogens is 482 g/mol. The highest BCUT2D eigenvalue weighted by Crippen LogP contribution is 2.35. The number of fused-ring (bicyclic) bond motifs is 1. The van der Waals surface area contributed by atoms with Gasteiger partial charge in [-0.25, -0.2) is 4.79 Å². The summed E-state index contributed by atoms with van der Waals surface area (Å²) in [7, 11) is 0. The Balaban J connectivity index is 1.31. The zero-order chi connectivity index (χ0) is 25.9. The molecule has 2 heterocycles. The molecule has 3 aromatic rings. The molecule has 1 fully saturated rings. The van der Waals surface area contributed by atoms with E-state index in [1.165, 1.54) is 10.4 Å². The molecule has 1 aliphatic carbocycles. The first-order valence-electron chi connectivity index (χ1n) is 13.1. The van der Waals surface area contributed by atoms with Gasteiger partial charge in [0.05, 0.1) is 6.04 Å². The van der Waals surface area contributed by atoms with Crippen LogP contribution in [-0.2, 0) is 11.2 Å². The van der Waals surface area contributed by atoms with Crippen molar-refractivity contribution in [3.05, 3.63) is 81.0 Å². The first-order valence-corrected chi connectivity index (χ1v) is 13.9. The molecule has 0 bridgehead atoms. The molecule has 0 radical (unpaired) electrons. The highest BCUT2D eigenvalue weighted by Gasteiger charge is 2.35. The van der Waals surface area contributed by atoms with Gasteiger partial charge in [-0.05, 0) is 86.7 Å². The third kappa shape index (κ3) is 6.16. The van der Waals surface area contributed by atoms with E-state index >= 15 is 0 Å². The van der Waals surface area contributed by atoms with Crippen molar-refractivity contribution >= 4 is 29.0 Å². The lowest BCUT2D eigenvalue weighted by Crippen LogP contribution is -2.49. The maximum atomic E-state index is 13.7. The standard InChI is InChI=1S/C30H35N3O3S/c1-20-4-9-24(10-5-20)31-30(35)32(17-23-7-8-23)18-29(34)33-14-12-28-25(13-15-37-28)26(33)19-36-27-11-6-21(2)16-22(27)3/h4-6,9-11,13,15-16,23,26H,7-8,12,14,17-19H2,1-3H3,(H,31,35). The molecule has 2 aromatic carbocycles. The third-order valence-corrected chi connectivity index (χ3v) is 8.23. The maximum Gasteiger partial charge on any atom is 0.322 e. The number of thiophene rings is 1. The molecule has 1 aromatic heterocycles. The van der Waals surface area contributed by atoms with Gasteiger partial charge < -0.3 is 19.9 Å². The van der Waals surface area contributed by atoms with E-state index in [0.29, 0.717) is 25.6 Å². The highest BCUT2D eigenvalue weighted by molar-refractivity contribution is 7.10. The number of hydrogen-bond acceptors (Lipinski definition) is 4. The molecular formula is C30H35N3O3S. The van der Waals surface area contributed by atoms with Gasteiger partial charge in [0.25, 0.3) is 0 Å². The van der Waals surface area contributed by atoms with Gasteiger partial charge in [-0.1, -0.05) is 35.4 Å². The summed E-state index contributed by atoms with van der Waals surface area (Å²) in [6.45, 7) is 7.81. The van der Waals surface area contributed by atoms with Crippen LogP contribution in [0, 0.1) is 26.7 Å². The molecule has 1 atom stereocenters. The van der Waals surface area contributed by atoms with E-state index in [9.17, 15) is 9.59 Å². The topological polar surface area (TPSA) is 61.9 Å². The van der Waals surface area contributed by atoms with Crippen LogP contribution in [0.3, 0.4) is 0 Å². The van der Waals surface area contributed by atoms with Crippen molar-refractivity contribution in [3.63, 3.8) is 0 Å². The monoisotopic (exact) mass is 517 g/mol. The zero-order valence-corrected chi connectivity index (χ0v) is 22.6. The van der Waals surface area contributed by atoms with Crippen molar-refractivity contribution in [2.75, 3.05) is 31.6 Å². The van der Waals surface area contributed by atoms with Gasteiger partial charge in [-0.2, -0.15) is 0 Å². The van der Waals surface area contributed by atoms with Crippen LogP contribution >= 0.6 is 11.3 Å². The summed E-state index contributed by atoms with van der Waals surface area (Å²) in [5.41, 5.74) is 5.31. The summed E-state index contributed by atoms with van der Waals surface area (Å²) in [5.74, 6) is 1.28. The molecule has 37 heavy (non-hydrogen) atoms. The number of carbonyl (C=O) groups is 2. The van der Waals surface area contributed by atoms with Crippen LogP contribution in [0.5, 0.6) is 5.75 Å². The number of amides is 3. The van der Waals surface area contributed by atoms with Gasteiger partial charge >= 0.3 is 6.03 Å². The number of aryl methyl sites for hydroxylation is 3. The van der Waals surface area contributed by atoms with Crippen molar-refractivity contribution in [3.8, 4) is 5.75 Å². The largest absolute Gasteiger partial charge is 0.491 e. The van der Waals surface area contributed by atoms with Crippen molar-refractivity contribution in [1.29, 1.82) is 0 Å². The number of rotatable bonds is 8. The highest BCUT2D eigenvalue weighted by atomic mass is 32.1. The zero-order valence-electron chi connectivity index (χ0n) is 21.8. The van der Waals surface area contributed by atoms with E-state index in [-0.39, 0.29) is 24.5 Å². The first kappa shape index (κ1) is 25.3. The first-order chi connectivity index (χ1) is 17.9. The molecule has 7 heteroatoms. The smallest absolute Gasteiger partial charge is 0.322 e. The number of carbonyl (C=O) groups excluding carboxylic acids is 2. The number of benzene rings is 2. The van der Waals surface area contributed by atoms with Crippen LogP contribution in [0.1, 0.15) is 46.0 Å². The maximum absolute atomic E-state index is 13.7. The quantitative estimate of drug-likeness (QED) is 0.391. The number of anilines is 1. The second-order valence-corrected chi connectivity index (χ2v) is 11.4. The van der Waals surface area contributed by atoms with Crippen molar-refractivity contribution in [1.82, 2.24) is 9.80 Å². The minimum atomic E-state index is -0.222. The van der Waals surface area contributed by atoms with E-state index < -0.39 is 0 Å². The molecule has 3 amide bonds. The van der Waals surface area contributed by atoms with Gasteiger partial charge in [-0.15, -0.1) is 11.3 Å². The molecule has 6 nitrogen and oxygen atoms in total. The number of nitrogens with zero attached hydrogens (tertiary/aromatic N) is 2. The van der Waals surface area contributed by atoms with E-state index in [4.69, 9.17) is 4.74 Å². The summed E-state index contributed by atoms with van der Waals surface area (Å²) >= 11 is 1.74. The molecule has 194 valence electrons. The average molecular weight is 518 g/mol. The van der Waals surface area contributed by atoms with Crippen LogP contribution in [0.2, 0.25) is 0 Å². The van der Waals surface area contributed by atoms with Crippen LogP contribution in [0.15, 0.2) is 53.9 Å². The lowest BCUT2D eigenvalue weighted by Gasteiger charge is -2.37. The number of nitrogens with one attached hydrogen (secondary N) is 1. The molecule has 1 saturated carbocycles. The van der Waals surface area contributed by atoms with Gasteiger partial charge in [-0.3, -0.25) is 4.79 Å². The van der Waals surface area contributed by atoms with E-state index in [0.717, 1.165) is 47.4 Å². The Morgan fingerprint density at radius 1 is 1.05 bits per heavy atom. The van der Waals surface area contributed by atoms with Gasteiger partial charge in [0, 0.05) is 23.7 Å². The van der Waals surface area contributed by atoms with E-state index in [2.05, 4.69) is 29.8 Å². The lowest BCUT2D eigenvalue weighted by molar-refractivity contribution is -0.135. The molecule has 1 N–H and O–H groups in total.